The van der Waals surface area contributed by atoms with Crippen LogP contribution >= 0.6 is 0 Å². The molecule has 10 radical (unpaired) electrons. The number of fused-ring (bicyclic) bond motifs is 3. The molecule has 0 saturated heterocycles. The summed E-state index contributed by atoms with van der Waals surface area (Å²) < 4.78 is 2.33. The maximum Gasteiger partial charge on any atom is 0.114 e. The highest BCUT2D eigenvalue weighted by Crippen LogP contribution is 2.42. The second kappa shape index (κ2) is 10.2. The van der Waals surface area contributed by atoms with Crippen molar-refractivity contribution in [2.24, 2.45) is 0 Å². The molecule has 7 aromatic rings. The maximum atomic E-state index is 6.36. The Morgan fingerprint density at radius 2 is 0.976 bits per heavy atom. The molecule has 0 aliphatic rings. The molecule has 7 rings (SSSR count). The number of aromatic nitrogens is 2. The van der Waals surface area contributed by atoms with Gasteiger partial charge in [0.05, 0.1) is 16.7 Å². The Morgan fingerprint density at radius 1 is 0.524 bits per heavy atom. The van der Waals surface area contributed by atoms with Crippen LogP contribution in [0.25, 0.3) is 60.5 Å². The summed E-state index contributed by atoms with van der Waals surface area (Å²) >= 11 is 0. The zero-order chi connectivity index (χ0) is 29.1. The molecule has 186 valence electrons. The van der Waals surface area contributed by atoms with Crippen molar-refractivity contribution in [1.82, 2.24) is 9.55 Å². The fourth-order valence-corrected chi connectivity index (χ4v) is 6.18. The molecule has 1 aromatic heterocycles. The quantitative estimate of drug-likeness (QED) is 0.256. The van der Waals surface area contributed by atoms with Crippen LogP contribution in [0.5, 0.6) is 0 Å². The van der Waals surface area contributed by atoms with E-state index < -0.39 is 0 Å². The fraction of sp³-hybridized carbons (Fsp3) is 0.0571. The zero-order valence-electron chi connectivity index (χ0n) is 23.2. The van der Waals surface area contributed by atoms with Crippen molar-refractivity contribution in [2.45, 2.75) is 13.3 Å². The van der Waals surface area contributed by atoms with E-state index in [1.165, 1.54) is 0 Å². The van der Waals surface area contributed by atoms with E-state index in [1.807, 2.05) is 18.2 Å². The third-order valence-electron chi connectivity index (χ3n) is 8.23. The van der Waals surface area contributed by atoms with Crippen LogP contribution in [-0.4, -0.2) is 48.8 Å². The predicted octanol–water partition coefficient (Wildman–Crippen LogP) is 3.20. The Bertz CT molecular complexity index is 2100. The molecule has 0 N–H and O–H groups in total. The van der Waals surface area contributed by atoms with Crippen LogP contribution in [0.1, 0.15) is 12.7 Å². The van der Waals surface area contributed by atoms with Crippen molar-refractivity contribution in [3.05, 3.63) is 103 Å². The van der Waals surface area contributed by atoms with E-state index >= 15 is 0 Å². The lowest BCUT2D eigenvalue weighted by Gasteiger charge is -2.22. The third kappa shape index (κ3) is 3.90. The number of aryl methyl sites for hydroxylation is 1. The van der Waals surface area contributed by atoms with E-state index in [2.05, 4.69) is 90.4 Å². The van der Waals surface area contributed by atoms with Gasteiger partial charge < -0.3 is 0 Å². The van der Waals surface area contributed by atoms with Gasteiger partial charge in [-0.3, -0.25) is 4.57 Å². The second-order valence-corrected chi connectivity index (χ2v) is 10.5. The van der Waals surface area contributed by atoms with Gasteiger partial charge in [-0.05, 0) is 45.2 Å². The highest BCUT2D eigenvalue weighted by atomic mass is 15.1. The van der Waals surface area contributed by atoms with E-state index in [0.717, 1.165) is 67.2 Å². The van der Waals surface area contributed by atoms with E-state index in [-0.39, 0.29) is 16.4 Å². The molecule has 0 aliphatic carbocycles. The summed E-state index contributed by atoms with van der Waals surface area (Å²) in [6.45, 7) is 2.15. The summed E-state index contributed by atoms with van der Waals surface area (Å²) in [4.78, 5) is 4.99. The lowest BCUT2D eigenvalue weighted by atomic mass is 9.59. The van der Waals surface area contributed by atoms with Gasteiger partial charge in [0.2, 0.25) is 0 Å². The molecule has 42 heavy (non-hydrogen) atoms. The zero-order valence-corrected chi connectivity index (χ0v) is 23.2. The van der Waals surface area contributed by atoms with Crippen LogP contribution in [0.4, 0.5) is 0 Å². The number of benzene rings is 6. The lowest BCUT2D eigenvalue weighted by Crippen LogP contribution is -2.55. The molecule has 0 bridgehead atoms. The Hall–Kier alpha value is -4.37. The molecule has 0 atom stereocenters. The van der Waals surface area contributed by atoms with Crippen molar-refractivity contribution in [2.75, 3.05) is 0 Å². The van der Waals surface area contributed by atoms with Crippen LogP contribution < -0.4 is 27.3 Å². The SMILES string of the molecule is [B]c1c([B])c([B])c(-c2ccc(-c3c4ccccc4c(-n4c(CC)nc5ccccc54)c4ccccc34)cc2)c([B])c1[B]. The second-order valence-electron chi connectivity index (χ2n) is 10.5. The van der Waals surface area contributed by atoms with Gasteiger partial charge in [-0.25, -0.2) is 4.98 Å². The number of imidazole rings is 1. The topological polar surface area (TPSA) is 17.8 Å². The number of hydrogen-bond acceptors (Lipinski definition) is 1. The molecular weight excluding hydrogens is 502 g/mol. The first-order valence-electron chi connectivity index (χ1n) is 13.9. The van der Waals surface area contributed by atoms with Crippen LogP contribution in [-0.2, 0) is 6.42 Å². The normalized spacial score (nSPS) is 11.5. The summed E-state index contributed by atoms with van der Waals surface area (Å²) in [5.41, 5.74) is 8.19. The number of nitrogens with zero attached hydrogens (tertiary/aromatic N) is 2. The van der Waals surface area contributed by atoms with Gasteiger partial charge in [-0.15, -0.1) is 16.4 Å². The van der Waals surface area contributed by atoms with E-state index in [0.29, 0.717) is 16.5 Å². The van der Waals surface area contributed by atoms with Gasteiger partial charge >= 0.3 is 0 Å². The summed E-state index contributed by atoms with van der Waals surface area (Å²) in [5.74, 6) is 1.03. The standard InChI is InChI=1S/C35H21B5N2/c1-2-27-41-25-13-7-8-14-26(25)42(27)35-23-11-5-3-9-21(23)28(22-10-4-6-12-24(22)35)19-15-17-20(18-16-19)29-30(36)32(38)34(40)33(39)31(29)37/h3-18H,2H2,1H3. The first kappa shape index (κ1) is 26.5. The van der Waals surface area contributed by atoms with Crippen molar-refractivity contribution in [1.29, 1.82) is 0 Å². The van der Waals surface area contributed by atoms with Crippen LogP contribution in [0.3, 0.4) is 0 Å². The van der Waals surface area contributed by atoms with Crippen molar-refractivity contribution in [3.63, 3.8) is 0 Å². The van der Waals surface area contributed by atoms with Gasteiger partial charge in [-0.2, -0.15) is 0 Å². The minimum Gasteiger partial charge on any atom is -0.295 e. The Kier molecular flexibility index (Phi) is 6.42. The van der Waals surface area contributed by atoms with Gasteiger partial charge in [-0.1, -0.05) is 103 Å². The minimum atomic E-state index is 0.209. The Morgan fingerprint density at radius 3 is 1.52 bits per heavy atom. The first-order chi connectivity index (χ1) is 20.4. The molecule has 0 saturated carbocycles. The van der Waals surface area contributed by atoms with Crippen LogP contribution in [0.2, 0.25) is 0 Å². The van der Waals surface area contributed by atoms with Crippen LogP contribution in [0, 0.1) is 0 Å². The molecule has 2 nitrogen and oxygen atoms in total. The molecule has 0 aliphatic heterocycles. The van der Waals surface area contributed by atoms with Crippen molar-refractivity contribution >= 4 is 99.1 Å². The summed E-state index contributed by atoms with van der Waals surface area (Å²) in [6, 6.07) is 33.7. The highest BCUT2D eigenvalue weighted by molar-refractivity contribution is 6.68. The summed E-state index contributed by atoms with van der Waals surface area (Å²) in [6.07, 6.45) is 0.812. The van der Waals surface area contributed by atoms with Crippen molar-refractivity contribution in [3.8, 4) is 27.9 Å². The predicted molar refractivity (Wildman–Crippen MR) is 183 cm³/mol. The molecule has 0 spiro atoms. The highest BCUT2D eigenvalue weighted by Gasteiger charge is 2.20. The summed E-state index contributed by atoms with van der Waals surface area (Å²) in [7, 11) is 31.0. The van der Waals surface area contributed by atoms with Gasteiger partial charge in [0, 0.05) is 17.2 Å². The van der Waals surface area contributed by atoms with E-state index in [4.69, 9.17) is 44.2 Å². The van der Waals surface area contributed by atoms with E-state index in [9.17, 15) is 0 Å². The number of para-hydroxylation sites is 2. The minimum absolute atomic E-state index is 0.209. The maximum absolute atomic E-state index is 6.36. The average Bonchev–Trinajstić information content (AvgIpc) is 3.40. The molecule has 0 unspecified atom stereocenters. The van der Waals surface area contributed by atoms with Gasteiger partial charge in [0.25, 0.3) is 0 Å². The molecule has 6 aromatic carbocycles. The number of hydrogen-bond donors (Lipinski definition) is 0. The Labute approximate surface area is 252 Å². The molecule has 0 fully saturated rings. The van der Waals surface area contributed by atoms with Gasteiger partial charge in [0.15, 0.2) is 0 Å². The average molecular weight is 524 g/mol. The molecular formula is C35H21B5N2. The van der Waals surface area contributed by atoms with Gasteiger partial charge in [0.1, 0.15) is 45.1 Å². The van der Waals surface area contributed by atoms with E-state index in [1.54, 1.807) is 0 Å². The molecule has 0 amide bonds. The summed E-state index contributed by atoms with van der Waals surface area (Å²) in [5, 5.41) is 4.61. The molecule has 1 heterocycles. The lowest BCUT2D eigenvalue weighted by molar-refractivity contribution is 0.917. The van der Waals surface area contributed by atoms with Crippen LogP contribution in [0.15, 0.2) is 97.1 Å². The Balaban J connectivity index is 1.51. The first-order valence-corrected chi connectivity index (χ1v) is 13.9. The van der Waals surface area contributed by atoms with Crippen molar-refractivity contribution < 1.29 is 0 Å². The largest absolute Gasteiger partial charge is 0.295 e. The fourth-order valence-electron chi connectivity index (χ4n) is 6.18. The smallest absolute Gasteiger partial charge is 0.114 e. The third-order valence-corrected chi connectivity index (χ3v) is 8.23. The monoisotopic (exact) mass is 524 g/mol. The molecule has 7 heteroatoms. The number of rotatable bonds is 4.